The summed E-state index contributed by atoms with van der Waals surface area (Å²) in [4.78, 5) is 0.872. The fraction of sp³-hybridized carbons (Fsp3) is 0. The highest BCUT2D eigenvalue weighted by molar-refractivity contribution is 7.03. The van der Waals surface area contributed by atoms with Gasteiger partial charge in [0, 0.05) is 113 Å². The lowest BCUT2D eigenvalue weighted by atomic mass is 9.30. The van der Waals surface area contributed by atoms with Crippen LogP contribution in [0, 0.1) is 0 Å². The van der Waals surface area contributed by atoms with Crippen molar-refractivity contribution in [3.05, 3.63) is 411 Å². The molecule has 4 aliphatic heterocycles. The minimum Gasteiger partial charge on any atom is -0.311 e. The molecule has 0 saturated carbocycles. The minimum atomic E-state index is -3.28. The highest BCUT2D eigenvalue weighted by Gasteiger charge is 2.50. The fourth-order valence-electron chi connectivity index (χ4n) is 14.9. The van der Waals surface area contributed by atoms with Crippen LogP contribution in [0.3, 0.4) is 0 Å². The van der Waals surface area contributed by atoms with Gasteiger partial charge in [-0.3, -0.25) is 0 Å². The zero-order valence-corrected chi connectivity index (χ0v) is 55.7. The van der Waals surface area contributed by atoms with Crippen LogP contribution in [0.25, 0.3) is 55.0 Å². The van der Waals surface area contributed by atoms with Crippen molar-refractivity contribution in [2.75, 3.05) is 29.4 Å². The molecule has 0 aliphatic carbocycles. The lowest BCUT2D eigenvalue weighted by molar-refractivity contribution is 1.18. The Kier molecular flexibility index (Phi) is 5.84. The number of hydrogen-bond donors (Lipinski definition) is 0. The number of nitrogens with zero attached hydrogens (tertiary/aromatic N) is 8. The van der Waals surface area contributed by atoms with Crippen LogP contribution in [0.5, 0.6) is 0 Å². The van der Waals surface area contributed by atoms with Gasteiger partial charge in [0.05, 0.1) is 138 Å². The molecular weight excluding hydrogens is 1360 g/mol. The Hall–Kier alpha value is -14.7. The molecule has 2 aromatic heterocycles. The van der Waals surface area contributed by atoms with Crippen LogP contribution < -0.4 is 62.2 Å². The molecule has 17 aromatic carbocycles. The van der Waals surface area contributed by atoms with E-state index in [2.05, 4.69) is 0 Å². The van der Waals surface area contributed by atoms with Gasteiger partial charge in [0.2, 0.25) is 0 Å². The predicted octanol–water partition coefficient (Wildman–Crippen LogP) is 23.0. The zero-order chi connectivity index (χ0) is 133. The van der Waals surface area contributed by atoms with Crippen LogP contribution >= 0.6 is 0 Å². The van der Waals surface area contributed by atoms with E-state index < -0.39 is 614 Å². The summed E-state index contributed by atoms with van der Waals surface area (Å²) in [6, 6.07) is -104. The van der Waals surface area contributed by atoms with Gasteiger partial charge in [-0.15, -0.1) is 0 Å². The van der Waals surface area contributed by atoms with Crippen LogP contribution in [0.2, 0.25) is 0 Å². The molecule has 0 atom stereocenters. The topological polar surface area (TPSA) is 29.3 Å². The maximum atomic E-state index is 12.7. The second kappa shape index (κ2) is 25.5. The molecule has 4 aliphatic rings. The molecule has 0 fully saturated rings. The van der Waals surface area contributed by atoms with Gasteiger partial charge in [-0.25, -0.2) is 0 Å². The van der Waals surface area contributed by atoms with Gasteiger partial charge in [-0.05, 0) is 208 Å². The molecular formula is C102H68B2N8. The molecule has 8 nitrogen and oxygen atoms in total. The van der Waals surface area contributed by atoms with Crippen molar-refractivity contribution < 1.29 is 93.2 Å². The number of aromatic nitrogens is 2. The van der Waals surface area contributed by atoms with Gasteiger partial charge in [0.15, 0.2) is 0 Å². The summed E-state index contributed by atoms with van der Waals surface area (Å²) in [5.74, 6) is 0. The maximum absolute atomic E-state index is 12.7. The second-order valence-corrected chi connectivity index (χ2v) is 24.4. The number of benzene rings is 17. The Morgan fingerprint density at radius 2 is 0.473 bits per heavy atom. The third-order valence-electron chi connectivity index (χ3n) is 18.9. The number of para-hydroxylation sites is 12. The quantitative estimate of drug-likeness (QED) is 0.113. The Balaban J connectivity index is 1.10. The van der Waals surface area contributed by atoms with E-state index in [1.165, 1.54) is 0 Å². The molecule has 112 heavy (non-hydrogen) atoms. The highest BCUT2D eigenvalue weighted by atomic mass is 15.2. The summed E-state index contributed by atoms with van der Waals surface area (Å²) in [5, 5.41) is -4.97. The van der Waals surface area contributed by atoms with Crippen molar-refractivity contribution in [3.8, 4) is 11.4 Å². The molecule has 6 heterocycles. The van der Waals surface area contributed by atoms with Gasteiger partial charge in [0.1, 0.15) is 0 Å². The van der Waals surface area contributed by atoms with Gasteiger partial charge in [-0.1, -0.05) is 236 Å². The molecule has 0 spiro atoms. The predicted molar refractivity (Wildman–Crippen MR) is 473 cm³/mol. The Bertz CT molecular complexity index is 10300. The minimum absolute atomic E-state index is 0.0169. The molecule has 10 heteroatoms. The summed E-state index contributed by atoms with van der Waals surface area (Å²) in [5.41, 5.74) is -45.3. The first kappa shape index (κ1) is 25.7. The van der Waals surface area contributed by atoms with Crippen molar-refractivity contribution in [3.63, 3.8) is 0 Å². The number of rotatable bonds is 12. The van der Waals surface area contributed by atoms with Gasteiger partial charge in [0.25, 0.3) is 13.4 Å². The van der Waals surface area contributed by atoms with Crippen LogP contribution in [0.4, 0.5) is 102 Å². The first-order chi connectivity index (χ1) is 83.9. The van der Waals surface area contributed by atoms with E-state index in [4.69, 9.17) is 8.22 Å². The van der Waals surface area contributed by atoms with E-state index in [9.17, 15) is 85.0 Å². The van der Waals surface area contributed by atoms with Crippen molar-refractivity contribution >= 4 is 192 Å². The van der Waals surface area contributed by atoms with Crippen LogP contribution in [0.1, 0.15) is 93.2 Å². The largest absolute Gasteiger partial charge is 0.311 e. The van der Waals surface area contributed by atoms with Gasteiger partial charge in [-0.2, -0.15) is 0 Å². The summed E-state index contributed by atoms with van der Waals surface area (Å²) in [7, 11) is 0. The van der Waals surface area contributed by atoms with Crippen LogP contribution in [-0.4, -0.2) is 22.6 Å². The third-order valence-corrected chi connectivity index (χ3v) is 18.9. The van der Waals surface area contributed by atoms with E-state index in [-0.39, 0.29) is 29.4 Å². The summed E-state index contributed by atoms with van der Waals surface area (Å²) in [6.07, 6.45) is 0. The van der Waals surface area contributed by atoms with E-state index in [1.54, 1.807) is 0 Å². The molecule has 0 radical (unpaired) electrons. The average molecular weight is 1500 g/mol. The number of anilines is 18. The van der Waals surface area contributed by atoms with E-state index in [0.717, 1.165) is 0 Å². The molecule has 23 rings (SSSR count). The molecule has 522 valence electrons. The second-order valence-electron chi connectivity index (χ2n) is 24.4. The smallest absolute Gasteiger partial charge is 0.252 e. The van der Waals surface area contributed by atoms with Crippen molar-refractivity contribution in [2.45, 2.75) is 0 Å². The van der Waals surface area contributed by atoms with Gasteiger partial charge < -0.3 is 38.5 Å². The standard InChI is InChI=1S/C102H68B2N8/c1-11-35-69(36-12-1)105(70-37-13-2-14-38-70)79-63-93-99-95(65-79)111(77-51-27-9-28-52-77)101-83(59-61-89-97(101)81-55-31-33-57-87(81)107(89)73-43-19-5-20-44-73)103(99)85-67-86-92(68-91(85)109(93)75-47-23-7-24-48-75)110(76-49-25-8-26-50-76)94-64-80(106(71-39-15-3-16-40-71)72-41-17-4-18-42-72)66-96-100(94)104(86)84-60-62-90-98(102(84)112(96)78-53-29-10-30-54-78)82-56-32-34-58-88(82)108(90)74-45-21-6-22-46-74/h1-68H/i1D,2D,3D,4D,5D,6D,7D,8D,9D,10D,11D,12D,13D,14D,15D,16D,17D,18D,19D,20D,21D,22D,23D,24D,25D,26D,27D,28D,29D,30D,31D,32D,33D,34D,35D,36D,37D,38D,39D,40D,41D,42D,43D,44D,45D,46D,47D,48D,49D,50D,51D,52D,53D,54D,55D,56D,57D,58D,59D,60D,61D,62D,63D,64D,65D,66D,67D,68D. The number of fused-ring (bicyclic) bond motifs is 16. The highest BCUT2D eigenvalue weighted by Crippen LogP contribution is 2.55. The van der Waals surface area contributed by atoms with E-state index in [0.29, 0.717) is 9.13 Å². The third kappa shape index (κ3) is 9.58. The molecule has 0 N–H and O–H groups in total. The summed E-state index contributed by atoms with van der Waals surface area (Å²) in [6.45, 7) is -6.56. The Morgan fingerprint density at radius 1 is 0.205 bits per heavy atom. The Labute approximate surface area is 746 Å². The molecule has 0 amide bonds. The number of hydrogen-bond acceptors (Lipinski definition) is 6. The average Bonchev–Trinajstić information content (AvgIpc) is 1.13. The van der Waals surface area contributed by atoms with E-state index in [1.807, 2.05) is 0 Å². The van der Waals surface area contributed by atoms with Crippen molar-refractivity contribution in [2.24, 2.45) is 0 Å². The van der Waals surface area contributed by atoms with E-state index >= 15 is 0 Å². The molecule has 0 bridgehead atoms. The maximum Gasteiger partial charge on any atom is 0.252 e. The summed E-state index contributed by atoms with van der Waals surface area (Å²) < 4.78 is 688. The first-order valence-electron chi connectivity index (χ1n) is 67.1. The van der Waals surface area contributed by atoms with Gasteiger partial charge >= 0.3 is 0 Å². The monoisotopic (exact) mass is 1500 g/mol. The van der Waals surface area contributed by atoms with Crippen LogP contribution in [-0.2, 0) is 0 Å². The normalized spacial score (nSPS) is 21.4. The summed E-state index contributed by atoms with van der Waals surface area (Å²) >= 11 is 0. The zero-order valence-electron chi connectivity index (χ0n) is 124. The lowest BCUT2D eigenvalue weighted by Crippen LogP contribution is -2.65. The van der Waals surface area contributed by atoms with Crippen LogP contribution in [0.15, 0.2) is 411 Å². The lowest BCUT2D eigenvalue weighted by Gasteiger charge is -2.48. The molecule has 0 unspecified atom stereocenters. The van der Waals surface area contributed by atoms with Crippen molar-refractivity contribution in [1.82, 2.24) is 9.13 Å². The SMILES string of the molecule is [2H]c1c([2H])c([2H])c(N(c2c([2H])c([2H])c([2H])c([2H])c2[2H])c2c([2H])c3c4c(c2[2H])N(c2c([2H])c([2H])c([2H])c([2H])c2[2H])c2c(c([2H])c([2H])c5c2c2c([2H])c([2H])c([2H])c([2H])c2n5-c2c([2H])c([2H])c([2H])c([2H])c2[2H])B4c2c([2H])c4c(c([2H])c2N3c2c([2H])c([2H])c([2H])c([2H])c2[2H])N(c2c([2H])c([2H])c([2H])c([2H])c2[2H])c2c([2H])c(N(c3c([2H])c([2H])c([2H])c([2H])c3[2H])c3c([2H])c([2H])c([2H])c([2H])c3[2H])c([2H])c3c2B4c2c([2H])c([2H])c4c(c2N3c2c([2H])c([2H])c([2H])c([2H])c2[2H])c2c([2H])c([2H])c([2H])c([2H])c2n4-c2c([2H])c([2H])c([2H])c([2H])c2[2H])c([2H])c1[2H]. The first-order valence-corrected chi connectivity index (χ1v) is 33.1. The molecule has 0 saturated heterocycles. The fourth-order valence-corrected chi connectivity index (χ4v) is 14.9. The molecule has 19 aromatic rings. The van der Waals surface area contributed by atoms with Crippen molar-refractivity contribution in [1.29, 1.82) is 0 Å². The Morgan fingerprint density at radius 3 is 0.795 bits per heavy atom.